The van der Waals surface area contributed by atoms with Crippen LogP contribution in [0.15, 0.2) is 127 Å². The maximum atomic E-state index is 2.53. The molecule has 0 bridgehead atoms. The first-order valence-corrected chi connectivity index (χ1v) is 13.1. The van der Waals surface area contributed by atoms with E-state index in [1.807, 2.05) is 0 Å². The fourth-order valence-corrected chi connectivity index (χ4v) is 6.24. The first kappa shape index (κ1) is 21.9. The molecule has 0 fully saturated rings. The minimum absolute atomic E-state index is 0.274. The predicted molar refractivity (Wildman–Crippen MR) is 158 cm³/mol. The van der Waals surface area contributed by atoms with Crippen molar-refractivity contribution in [3.8, 4) is 22.3 Å². The van der Waals surface area contributed by atoms with Crippen molar-refractivity contribution in [3.05, 3.63) is 144 Å². The zero-order valence-electron chi connectivity index (χ0n) is 21.2. The molecular formula is C36H29N. The summed E-state index contributed by atoms with van der Waals surface area (Å²) >= 11 is 0. The third kappa shape index (κ3) is 3.54. The summed E-state index contributed by atoms with van der Waals surface area (Å²) in [5, 5.41) is 2.55. The monoisotopic (exact) mass is 475 g/mol. The van der Waals surface area contributed by atoms with Crippen LogP contribution in [0.1, 0.15) is 22.6 Å². The van der Waals surface area contributed by atoms with E-state index in [0.29, 0.717) is 5.92 Å². The minimum Gasteiger partial charge on any atom is -0.333 e. The Hall–Kier alpha value is -4.36. The molecular weight excluding hydrogens is 446 g/mol. The second kappa shape index (κ2) is 8.64. The van der Waals surface area contributed by atoms with Gasteiger partial charge < -0.3 is 4.90 Å². The average molecular weight is 476 g/mol. The van der Waals surface area contributed by atoms with Crippen LogP contribution in [-0.4, -0.2) is 6.04 Å². The normalized spacial score (nSPS) is 17.7. The number of aryl methyl sites for hydroxylation is 2. The van der Waals surface area contributed by atoms with Gasteiger partial charge in [-0.25, -0.2) is 0 Å². The molecule has 0 aromatic heterocycles. The summed E-state index contributed by atoms with van der Waals surface area (Å²) in [7, 11) is 0. The van der Waals surface area contributed by atoms with E-state index in [9.17, 15) is 0 Å². The SMILES string of the molecule is Cc1ccccc1-c1c(C)ccc2c1C1C=CC=CC1N2c1ccc(-c2ccc3ccccc3c2)cc1. The number of allylic oxidation sites excluding steroid dienone is 2. The van der Waals surface area contributed by atoms with Crippen molar-refractivity contribution < 1.29 is 0 Å². The molecule has 1 heteroatoms. The molecule has 2 unspecified atom stereocenters. The molecule has 0 radical (unpaired) electrons. The predicted octanol–water partition coefficient (Wildman–Crippen LogP) is 9.52. The van der Waals surface area contributed by atoms with Crippen molar-refractivity contribution in [1.29, 1.82) is 0 Å². The first-order valence-electron chi connectivity index (χ1n) is 13.1. The van der Waals surface area contributed by atoms with Crippen molar-refractivity contribution in [2.45, 2.75) is 25.8 Å². The van der Waals surface area contributed by atoms with Crippen LogP contribution in [0.2, 0.25) is 0 Å². The highest BCUT2D eigenvalue weighted by molar-refractivity contribution is 5.89. The van der Waals surface area contributed by atoms with Gasteiger partial charge in [-0.3, -0.25) is 0 Å². The van der Waals surface area contributed by atoms with Gasteiger partial charge in [0, 0.05) is 17.3 Å². The van der Waals surface area contributed by atoms with E-state index in [1.165, 1.54) is 61.1 Å². The standard InChI is InChI=1S/C36H29N/c1-24-9-3-6-12-31(24)35-25(2)15-22-34-36(35)32-13-7-8-14-33(32)37(34)30-20-18-27(19-21-30)29-17-16-26-10-4-5-11-28(26)23-29/h3-23,32-33H,1-2H3. The van der Waals surface area contributed by atoms with Crippen LogP contribution in [-0.2, 0) is 0 Å². The lowest BCUT2D eigenvalue weighted by Gasteiger charge is -2.28. The van der Waals surface area contributed by atoms with Crippen LogP contribution in [0.5, 0.6) is 0 Å². The van der Waals surface area contributed by atoms with Crippen LogP contribution >= 0.6 is 0 Å². The molecule has 0 spiro atoms. The highest BCUT2D eigenvalue weighted by Crippen LogP contribution is 2.52. The summed E-state index contributed by atoms with van der Waals surface area (Å²) < 4.78 is 0. The number of benzene rings is 5. The lowest BCUT2D eigenvalue weighted by molar-refractivity contribution is 0.745. The minimum atomic E-state index is 0.274. The van der Waals surface area contributed by atoms with E-state index in [-0.39, 0.29) is 6.04 Å². The third-order valence-corrected chi connectivity index (χ3v) is 8.07. The van der Waals surface area contributed by atoms with Gasteiger partial charge in [0.1, 0.15) is 0 Å². The number of rotatable bonds is 3. The van der Waals surface area contributed by atoms with E-state index in [2.05, 4.69) is 146 Å². The quantitative estimate of drug-likeness (QED) is 0.251. The molecule has 1 heterocycles. The van der Waals surface area contributed by atoms with Crippen LogP contribution in [0.25, 0.3) is 33.0 Å². The number of hydrogen-bond donors (Lipinski definition) is 0. The molecule has 1 nitrogen and oxygen atoms in total. The van der Waals surface area contributed by atoms with Crippen molar-refractivity contribution in [2.75, 3.05) is 4.90 Å². The van der Waals surface area contributed by atoms with Crippen molar-refractivity contribution in [2.24, 2.45) is 0 Å². The van der Waals surface area contributed by atoms with E-state index >= 15 is 0 Å². The molecule has 2 aliphatic rings. The summed E-state index contributed by atoms with van der Waals surface area (Å²) in [5.41, 5.74) is 11.9. The number of nitrogens with zero attached hydrogens (tertiary/aromatic N) is 1. The van der Waals surface area contributed by atoms with Crippen molar-refractivity contribution in [3.63, 3.8) is 0 Å². The van der Waals surface area contributed by atoms with Gasteiger partial charge in [0.15, 0.2) is 0 Å². The Balaban J connectivity index is 1.34. The van der Waals surface area contributed by atoms with Gasteiger partial charge >= 0.3 is 0 Å². The van der Waals surface area contributed by atoms with Gasteiger partial charge in [-0.05, 0) is 87.8 Å². The Morgan fingerprint density at radius 1 is 0.595 bits per heavy atom. The highest BCUT2D eigenvalue weighted by atomic mass is 15.2. The molecule has 0 saturated carbocycles. The zero-order chi connectivity index (χ0) is 24.9. The molecule has 1 aliphatic heterocycles. The maximum Gasteiger partial charge on any atom is 0.0629 e. The summed E-state index contributed by atoms with van der Waals surface area (Å²) in [6.07, 6.45) is 9.15. The van der Waals surface area contributed by atoms with E-state index in [1.54, 1.807) is 0 Å². The molecule has 2 atom stereocenters. The van der Waals surface area contributed by atoms with E-state index < -0.39 is 0 Å². The van der Waals surface area contributed by atoms with Crippen LogP contribution < -0.4 is 4.90 Å². The first-order chi connectivity index (χ1) is 18.2. The highest BCUT2D eigenvalue weighted by Gasteiger charge is 2.39. The Morgan fingerprint density at radius 2 is 1.32 bits per heavy atom. The maximum absolute atomic E-state index is 2.53. The third-order valence-electron chi connectivity index (χ3n) is 8.07. The van der Waals surface area contributed by atoms with E-state index in [4.69, 9.17) is 0 Å². The lowest BCUT2D eigenvalue weighted by Crippen LogP contribution is -2.28. The van der Waals surface area contributed by atoms with Gasteiger partial charge in [-0.2, -0.15) is 0 Å². The fourth-order valence-electron chi connectivity index (χ4n) is 6.24. The van der Waals surface area contributed by atoms with Gasteiger partial charge in [0.2, 0.25) is 0 Å². The Bertz CT molecular complexity index is 1700. The van der Waals surface area contributed by atoms with Gasteiger partial charge in [0.05, 0.1) is 6.04 Å². The van der Waals surface area contributed by atoms with Crippen molar-refractivity contribution >= 4 is 22.1 Å². The zero-order valence-corrected chi connectivity index (χ0v) is 21.2. The second-order valence-corrected chi connectivity index (χ2v) is 10.3. The molecule has 37 heavy (non-hydrogen) atoms. The van der Waals surface area contributed by atoms with Crippen LogP contribution in [0, 0.1) is 13.8 Å². The molecule has 178 valence electrons. The van der Waals surface area contributed by atoms with Gasteiger partial charge in [-0.15, -0.1) is 0 Å². The Kier molecular flexibility index (Phi) is 5.11. The van der Waals surface area contributed by atoms with Gasteiger partial charge in [0.25, 0.3) is 0 Å². The average Bonchev–Trinajstić information content (AvgIpc) is 3.28. The summed E-state index contributed by atoms with van der Waals surface area (Å²) in [5.74, 6) is 0.328. The molecule has 0 saturated heterocycles. The van der Waals surface area contributed by atoms with E-state index in [0.717, 1.165) is 0 Å². The smallest absolute Gasteiger partial charge is 0.0629 e. The molecule has 1 aliphatic carbocycles. The number of anilines is 2. The topological polar surface area (TPSA) is 3.24 Å². The van der Waals surface area contributed by atoms with Crippen LogP contribution in [0.3, 0.4) is 0 Å². The number of fused-ring (bicyclic) bond motifs is 4. The summed E-state index contributed by atoms with van der Waals surface area (Å²) in [6, 6.07) is 38.1. The second-order valence-electron chi connectivity index (χ2n) is 10.3. The lowest BCUT2D eigenvalue weighted by atomic mass is 9.83. The van der Waals surface area contributed by atoms with Gasteiger partial charge in [-0.1, -0.05) is 103 Å². The summed E-state index contributed by atoms with van der Waals surface area (Å²) in [4.78, 5) is 2.53. The summed E-state index contributed by atoms with van der Waals surface area (Å²) in [6.45, 7) is 4.47. The molecule has 7 rings (SSSR count). The van der Waals surface area contributed by atoms with Crippen LogP contribution in [0.4, 0.5) is 11.4 Å². The molecule has 5 aromatic carbocycles. The molecule has 0 N–H and O–H groups in total. The fraction of sp³-hybridized carbons (Fsp3) is 0.111. The Labute approximate surface area is 219 Å². The number of hydrogen-bond acceptors (Lipinski definition) is 1. The van der Waals surface area contributed by atoms with Crippen molar-refractivity contribution in [1.82, 2.24) is 0 Å². The molecule has 5 aromatic rings. The largest absolute Gasteiger partial charge is 0.333 e. The Morgan fingerprint density at radius 3 is 2.16 bits per heavy atom. The molecule has 0 amide bonds.